The number of hydrogen-bond acceptors (Lipinski definition) is 4. The van der Waals surface area contributed by atoms with Gasteiger partial charge >= 0.3 is 5.97 Å². The minimum absolute atomic E-state index is 0. The topological polar surface area (TPSA) is 50.4 Å². The molecule has 0 aliphatic heterocycles. The number of carbonyl (C=O) groups is 1. The number of aliphatic hydroxyl groups excluding tert-OH is 1. The molecule has 0 fully saturated rings. The van der Waals surface area contributed by atoms with Crippen LogP contribution in [0.25, 0.3) is 0 Å². The zero-order valence-corrected chi connectivity index (χ0v) is 11.1. The molecule has 15 heavy (non-hydrogen) atoms. The molecule has 1 rings (SSSR count). The molecule has 86 valence electrons. The summed E-state index contributed by atoms with van der Waals surface area (Å²) in [5.74, 6) is -0.258. The lowest BCUT2D eigenvalue weighted by Crippen LogP contribution is -3.00. The van der Waals surface area contributed by atoms with Crippen molar-refractivity contribution in [1.82, 2.24) is 0 Å². The van der Waals surface area contributed by atoms with Crippen LogP contribution in [0.3, 0.4) is 0 Å². The molecule has 1 aromatic rings. The Kier molecular flexibility index (Phi) is 6.71. The molecule has 0 aromatic carbocycles. The molecule has 6 heteroatoms. The van der Waals surface area contributed by atoms with E-state index >= 15 is 0 Å². The van der Waals surface area contributed by atoms with Gasteiger partial charge in [0.05, 0.1) is 12.0 Å². The van der Waals surface area contributed by atoms with Crippen LogP contribution in [0.5, 0.6) is 0 Å². The van der Waals surface area contributed by atoms with E-state index < -0.39 is 0 Å². The Morgan fingerprint density at radius 1 is 1.67 bits per heavy atom. The van der Waals surface area contributed by atoms with E-state index in [0.29, 0.717) is 6.42 Å². The molecule has 0 unspecified atom stereocenters. The normalized spacial score (nSPS) is 9.53. The first kappa shape index (κ1) is 14.5. The number of thiazole rings is 1. The molecular weight excluding hydrogens is 282 g/mol. The molecule has 1 aromatic heterocycles. The number of carbonyl (C=O) groups excluding carboxylic acids is 1. The molecule has 1 heterocycles. The van der Waals surface area contributed by atoms with Crippen molar-refractivity contribution in [3.63, 3.8) is 0 Å². The van der Waals surface area contributed by atoms with Crippen LogP contribution < -0.4 is 21.5 Å². The predicted molar refractivity (Wildman–Crippen MR) is 52.1 cm³/mol. The average Bonchev–Trinajstić information content (AvgIpc) is 2.50. The van der Waals surface area contributed by atoms with Gasteiger partial charge in [0.1, 0.15) is 0 Å². The van der Waals surface area contributed by atoms with Gasteiger partial charge in [0, 0.05) is 20.0 Å². The van der Waals surface area contributed by atoms with E-state index in [1.807, 2.05) is 17.0 Å². The molecule has 1 N–H and O–H groups in total. The highest BCUT2D eigenvalue weighted by molar-refractivity contribution is 7.09. The number of aromatic nitrogens is 1. The second kappa shape index (κ2) is 6.92. The van der Waals surface area contributed by atoms with Gasteiger partial charge in [-0.15, -0.1) is 0 Å². The van der Waals surface area contributed by atoms with E-state index in [4.69, 9.17) is 5.11 Å². The Bertz CT molecular complexity index is 327. The lowest BCUT2D eigenvalue weighted by molar-refractivity contribution is -0.687. The molecular formula is C9H14BrNO3S. The Hall–Kier alpha value is -0.460. The van der Waals surface area contributed by atoms with Crippen LogP contribution in [-0.4, -0.2) is 24.8 Å². The molecule has 0 aliphatic carbocycles. The number of halogens is 1. The number of aliphatic hydroxyl groups is 1. The van der Waals surface area contributed by atoms with E-state index in [2.05, 4.69) is 4.74 Å². The fraction of sp³-hybridized carbons (Fsp3) is 0.556. The zero-order valence-electron chi connectivity index (χ0n) is 8.70. The third-order valence-electron chi connectivity index (χ3n) is 2.02. The number of rotatable bonds is 4. The average molecular weight is 296 g/mol. The first-order chi connectivity index (χ1) is 6.69. The smallest absolute Gasteiger partial charge is 0.372 e. The van der Waals surface area contributed by atoms with Gasteiger partial charge in [-0.2, -0.15) is 4.57 Å². The van der Waals surface area contributed by atoms with Crippen molar-refractivity contribution in [2.24, 2.45) is 0 Å². The summed E-state index contributed by atoms with van der Waals surface area (Å²) < 4.78 is 6.41. The quantitative estimate of drug-likeness (QED) is 0.478. The van der Waals surface area contributed by atoms with Crippen molar-refractivity contribution >= 4 is 17.3 Å². The lowest BCUT2D eigenvalue weighted by Gasteiger charge is -1.95. The fourth-order valence-electron chi connectivity index (χ4n) is 1.15. The van der Waals surface area contributed by atoms with Crippen molar-refractivity contribution in [3.8, 4) is 0 Å². The predicted octanol–water partition coefficient (Wildman–Crippen LogP) is -2.94. The Balaban J connectivity index is 0.00000196. The maximum absolute atomic E-state index is 11.0. The second-order valence-electron chi connectivity index (χ2n) is 2.91. The lowest BCUT2D eigenvalue weighted by atomic mass is 10.3. The third-order valence-corrected chi connectivity index (χ3v) is 3.17. The van der Waals surface area contributed by atoms with Gasteiger partial charge < -0.3 is 26.8 Å². The van der Waals surface area contributed by atoms with Crippen LogP contribution in [0.1, 0.15) is 10.6 Å². The third kappa shape index (κ3) is 3.89. The standard InChI is InChI=1S/C9H14NO3S.BrH/c1-7-8(3-4-11)14-6-10(7)5-9(12)13-2;/h6,11H,3-5H2,1-2H3;1H/q+1;/p-1. The minimum Gasteiger partial charge on any atom is -1.00 e. The Morgan fingerprint density at radius 2 is 2.33 bits per heavy atom. The monoisotopic (exact) mass is 295 g/mol. The van der Waals surface area contributed by atoms with E-state index in [1.54, 1.807) is 11.3 Å². The molecule has 0 saturated heterocycles. The van der Waals surface area contributed by atoms with Crippen LogP contribution >= 0.6 is 11.3 Å². The van der Waals surface area contributed by atoms with Gasteiger partial charge in [-0.1, -0.05) is 11.3 Å². The molecule has 0 bridgehead atoms. The SMILES string of the molecule is COC(=O)C[n+]1csc(CCO)c1C.[Br-]. The number of methoxy groups -OCH3 is 1. The highest BCUT2D eigenvalue weighted by Gasteiger charge is 2.17. The largest absolute Gasteiger partial charge is 1.00 e. The van der Waals surface area contributed by atoms with Crippen molar-refractivity contribution in [2.75, 3.05) is 13.7 Å². The highest BCUT2D eigenvalue weighted by Crippen LogP contribution is 2.10. The Morgan fingerprint density at radius 3 is 2.87 bits per heavy atom. The summed E-state index contributed by atoms with van der Waals surface area (Å²) in [5, 5.41) is 8.79. The van der Waals surface area contributed by atoms with E-state index in [1.165, 1.54) is 7.11 Å². The molecule has 0 spiro atoms. The number of ether oxygens (including phenoxy) is 1. The number of nitrogens with zero attached hydrogens (tertiary/aromatic N) is 1. The first-order valence-electron chi connectivity index (χ1n) is 4.33. The Labute approximate surface area is 103 Å². The van der Waals surface area contributed by atoms with Crippen molar-refractivity contribution < 1.29 is 36.2 Å². The number of esters is 1. The van der Waals surface area contributed by atoms with Crippen molar-refractivity contribution in [2.45, 2.75) is 19.9 Å². The van der Waals surface area contributed by atoms with E-state index in [-0.39, 0.29) is 36.1 Å². The van der Waals surface area contributed by atoms with Crippen LogP contribution in [-0.2, 0) is 22.5 Å². The highest BCUT2D eigenvalue weighted by atomic mass is 79.9. The number of hydrogen-bond donors (Lipinski definition) is 1. The summed E-state index contributed by atoms with van der Waals surface area (Å²) >= 11 is 1.55. The van der Waals surface area contributed by atoms with Crippen LogP contribution in [0.4, 0.5) is 0 Å². The molecule has 0 atom stereocenters. The summed E-state index contributed by atoms with van der Waals surface area (Å²) in [6.07, 6.45) is 0.644. The van der Waals surface area contributed by atoms with Gasteiger partial charge in [-0.25, -0.2) is 4.79 Å². The molecule has 0 aliphatic rings. The van der Waals surface area contributed by atoms with Crippen molar-refractivity contribution in [3.05, 3.63) is 16.1 Å². The fourth-order valence-corrected chi connectivity index (χ4v) is 2.14. The van der Waals surface area contributed by atoms with E-state index in [9.17, 15) is 4.79 Å². The van der Waals surface area contributed by atoms with E-state index in [0.717, 1.165) is 10.6 Å². The van der Waals surface area contributed by atoms with Gasteiger partial charge in [-0.05, 0) is 0 Å². The van der Waals surface area contributed by atoms with Gasteiger partial charge in [0.25, 0.3) is 0 Å². The zero-order chi connectivity index (χ0) is 10.6. The molecule has 4 nitrogen and oxygen atoms in total. The minimum atomic E-state index is -0.258. The molecule has 0 amide bonds. The summed E-state index contributed by atoms with van der Waals surface area (Å²) in [4.78, 5) is 12.1. The summed E-state index contributed by atoms with van der Waals surface area (Å²) in [6.45, 7) is 2.31. The summed E-state index contributed by atoms with van der Waals surface area (Å²) in [5.41, 5.74) is 2.89. The van der Waals surface area contributed by atoms with Crippen LogP contribution in [0.2, 0.25) is 0 Å². The molecule has 0 saturated carbocycles. The first-order valence-corrected chi connectivity index (χ1v) is 5.21. The molecule has 0 radical (unpaired) electrons. The maximum Gasteiger partial charge on any atom is 0.372 e. The maximum atomic E-state index is 11.0. The summed E-state index contributed by atoms with van der Waals surface area (Å²) in [6, 6.07) is 0. The van der Waals surface area contributed by atoms with Crippen LogP contribution in [0, 0.1) is 6.92 Å². The van der Waals surface area contributed by atoms with Gasteiger partial charge in [-0.3, -0.25) is 0 Å². The second-order valence-corrected chi connectivity index (χ2v) is 3.85. The van der Waals surface area contributed by atoms with Crippen LogP contribution in [0.15, 0.2) is 5.51 Å². The summed E-state index contributed by atoms with van der Waals surface area (Å²) in [7, 11) is 1.37. The van der Waals surface area contributed by atoms with Gasteiger partial charge in [0.15, 0.2) is 5.69 Å². The van der Waals surface area contributed by atoms with Crippen molar-refractivity contribution in [1.29, 1.82) is 0 Å². The van der Waals surface area contributed by atoms with Gasteiger partial charge in [0.2, 0.25) is 12.1 Å².